The molecule has 0 bridgehead atoms. The van der Waals surface area contributed by atoms with Gasteiger partial charge in [0.2, 0.25) is 0 Å². The van der Waals surface area contributed by atoms with Crippen LogP contribution in [0.2, 0.25) is 0 Å². The molecule has 0 aliphatic carbocycles. The number of ether oxygens (including phenoxy) is 4. The molecule has 1 aromatic heterocycles. The fourth-order valence-electron chi connectivity index (χ4n) is 6.52. The number of hydrogen-bond donors (Lipinski definition) is 0. The van der Waals surface area contributed by atoms with Gasteiger partial charge in [-0.25, -0.2) is 4.79 Å². The van der Waals surface area contributed by atoms with E-state index in [-0.39, 0.29) is 30.5 Å². The monoisotopic (exact) mass is 594 g/mol. The van der Waals surface area contributed by atoms with E-state index in [9.17, 15) is 9.59 Å². The molecule has 3 heterocycles. The number of hydrogen-bond acceptors (Lipinski definition) is 7. The number of likely N-dealkylation sites (tertiary alicyclic amines) is 1. The number of pyridine rings is 1. The summed E-state index contributed by atoms with van der Waals surface area (Å²) in [6.45, 7) is 17.4. The van der Waals surface area contributed by atoms with Crippen LogP contribution in [0.4, 0.5) is 0 Å². The number of carbonyl (C=O) groups excluding carboxylic acids is 2. The number of carbonyl (C=O) groups is 2. The van der Waals surface area contributed by atoms with E-state index in [1.165, 1.54) is 0 Å². The Balaban J connectivity index is 1.87. The van der Waals surface area contributed by atoms with Crippen LogP contribution in [0.25, 0.3) is 0 Å². The van der Waals surface area contributed by atoms with E-state index in [1.807, 2.05) is 43.3 Å². The molecule has 0 radical (unpaired) electrons. The molecule has 0 spiro atoms. The van der Waals surface area contributed by atoms with Crippen molar-refractivity contribution in [3.05, 3.63) is 58.9 Å². The van der Waals surface area contributed by atoms with E-state index in [2.05, 4.69) is 41.5 Å². The molecule has 0 N–H and O–H groups in total. The summed E-state index contributed by atoms with van der Waals surface area (Å²) in [7, 11) is 1.63. The number of benzene rings is 1. The number of rotatable bonds is 8. The maximum absolute atomic E-state index is 14.5. The van der Waals surface area contributed by atoms with Gasteiger partial charge in [-0.05, 0) is 61.8 Å². The molecule has 8 nitrogen and oxygen atoms in total. The van der Waals surface area contributed by atoms with Crippen LogP contribution in [0.3, 0.4) is 0 Å². The summed E-state index contributed by atoms with van der Waals surface area (Å²) in [6, 6.07) is 10.6. The van der Waals surface area contributed by atoms with Gasteiger partial charge >= 0.3 is 5.97 Å². The van der Waals surface area contributed by atoms with Gasteiger partial charge in [-0.15, -0.1) is 0 Å². The number of aromatic nitrogens is 1. The molecule has 4 rings (SSSR count). The van der Waals surface area contributed by atoms with Gasteiger partial charge in [0.15, 0.2) is 0 Å². The molecule has 1 amide bonds. The topological polar surface area (TPSA) is 87.2 Å². The first-order valence-electron chi connectivity index (χ1n) is 15.6. The fraction of sp³-hybridized carbons (Fsp3) is 0.629. The van der Waals surface area contributed by atoms with Crippen LogP contribution in [0, 0.1) is 18.3 Å². The van der Waals surface area contributed by atoms with Gasteiger partial charge in [-0.1, -0.05) is 65.8 Å². The molecule has 2 fully saturated rings. The van der Waals surface area contributed by atoms with Gasteiger partial charge in [0.05, 0.1) is 32.5 Å². The Kier molecular flexibility index (Phi) is 10.2. The lowest BCUT2D eigenvalue weighted by Crippen LogP contribution is -2.51. The van der Waals surface area contributed by atoms with Crippen LogP contribution >= 0.6 is 0 Å². The predicted octanol–water partition coefficient (Wildman–Crippen LogP) is 6.33. The van der Waals surface area contributed by atoms with E-state index < -0.39 is 35.7 Å². The van der Waals surface area contributed by atoms with Crippen molar-refractivity contribution in [2.75, 3.05) is 20.3 Å². The van der Waals surface area contributed by atoms with Crippen molar-refractivity contribution in [2.45, 2.75) is 111 Å². The molecule has 2 aromatic rings. The van der Waals surface area contributed by atoms with E-state index >= 15 is 0 Å². The summed E-state index contributed by atoms with van der Waals surface area (Å²) in [5, 5.41) is 0. The SMILES string of the molecule is CCOC(=O)[C@@H]1[C@@H](C(C)(C)C)[C@H](OCc2nc(C(C)(C)C)ccc2OC)[C@H](c2ccccc2C)N1C(=O)[C@@H]1CCCCO1. The second-order valence-electron chi connectivity index (χ2n) is 13.9. The normalized spacial score (nSPS) is 24.6. The van der Waals surface area contributed by atoms with Crippen molar-refractivity contribution in [1.82, 2.24) is 9.88 Å². The average Bonchev–Trinajstić information content (AvgIpc) is 3.31. The molecule has 2 aliphatic rings. The van der Waals surface area contributed by atoms with Gasteiger partial charge in [-0.3, -0.25) is 9.78 Å². The zero-order chi connectivity index (χ0) is 31.5. The van der Waals surface area contributed by atoms with Gasteiger partial charge in [0.25, 0.3) is 5.91 Å². The van der Waals surface area contributed by atoms with Crippen molar-refractivity contribution in [2.24, 2.45) is 11.3 Å². The zero-order valence-electron chi connectivity index (χ0n) is 27.4. The van der Waals surface area contributed by atoms with E-state index in [0.717, 1.165) is 29.7 Å². The summed E-state index contributed by atoms with van der Waals surface area (Å²) in [5.41, 5.74) is 2.99. The number of amides is 1. The molecule has 8 heteroatoms. The van der Waals surface area contributed by atoms with Crippen LogP contribution < -0.4 is 4.74 Å². The van der Waals surface area contributed by atoms with E-state index in [0.29, 0.717) is 24.5 Å². The first kappa shape index (κ1) is 32.9. The van der Waals surface area contributed by atoms with Crippen LogP contribution in [0.5, 0.6) is 5.75 Å². The molecule has 0 saturated carbocycles. The Bertz CT molecular complexity index is 1270. The first-order chi connectivity index (χ1) is 20.3. The summed E-state index contributed by atoms with van der Waals surface area (Å²) in [4.78, 5) is 35.1. The van der Waals surface area contributed by atoms with Crippen molar-refractivity contribution in [3.8, 4) is 5.75 Å². The molecule has 2 saturated heterocycles. The Hall–Kier alpha value is -2.97. The van der Waals surface area contributed by atoms with E-state index in [1.54, 1.807) is 18.9 Å². The van der Waals surface area contributed by atoms with E-state index in [4.69, 9.17) is 23.9 Å². The fourth-order valence-corrected chi connectivity index (χ4v) is 6.52. The zero-order valence-corrected chi connectivity index (χ0v) is 27.4. The van der Waals surface area contributed by atoms with Crippen LogP contribution in [-0.2, 0) is 35.8 Å². The van der Waals surface area contributed by atoms with Crippen LogP contribution in [0.1, 0.15) is 96.3 Å². The lowest BCUT2D eigenvalue weighted by atomic mass is 9.73. The summed E-state index contributed by atoms with van der Waals surface area (Å²) in [5.74, 6) is -0.338. The molecular formula is C35H50N2O6. The third-order valence-corrected chi connectivity index (χ3v) is 8.68. The summed E-state index contributed by atoms with van der Waals surface area (Å²) in [6.07, 6.45) is 1.31. The molecular weight excluding hydrogens is 544 g/mol. The Morgan fingerprint density at radius 3 is 2.35 bits per heavy atom. The molecule has 0 unspecified atom stereocenters. The number of esters is 1. The van der Waals surface area contributed by atoms with Crippen molar-refractivity contribution >= 4 is 11.9 Å². The highest BCUT2D eigenvalue weighted by molar-refractivity contribution is 5.89. The standard InChI is InChI=1S/C35H50N2O6/c1-10-41-33(39)30-28(35(6,7)8)31(43-21-24-25(40-9)18-19-27(36-24)34(3,4)5)29(23-16-12-11-15-22(23)2)37(30)32(38)26-17-13-14-20-42-26/h11-12,15-16,18-19,26,28-31H,10,13-14,17,20-21H2,1-9H3/t26-,28+,29-,30-,31-/m0/s1. The minimum atomic E-state index is -0.844. The minimum absolute atomic E-state index is 0.157. The first-order valence-corrected chi connectivity index (χ1v) is 15.6. The Labute approximate surface area is 257 Å². The van der Waals surface area contributed by atoms with Crippen molar-refractivity contribution < 1.29 is 28.5 Å². The van der Waals surface area contributed by atoms with Gasteiger partial charge < -0.3 is 23.8 Å². The predicted molar refractivity (Wildman–Crippen MR) is 166 cm³/mol. The molecule has 2 aliphatic heterocycles. The highest BCUT2D eigenvalue weighted by Gasteiger charge is 2.60. The molecule has 1 aromatic carbocycles. The van der Waals surface area contributed by atoms with Crippen molar-refractivity contribution in [3.63, 3.8) is 0 Å². The summed E-state index contributed by atoms with van der Waals surface area (Å²) < 4.78 is 24.3. The smallest absolute Gasteiger partial charge is 0.329 e. The maximum atomic E-state index is 14.5. The minimum Gasteiger partial charge on any atom is -0.495 e. The largest absolute Gasteiger partial charge is 0.495 e. The molecule has 5 atom stereocenters. The molecule has 236 valence electrons. The third-order valence-electron chi connectivity index (χ3n) is 8.68. The van der Waals surface area contributed by atoms with Crippen molar-refractivity contribution in [1.29, 1.82) is 0 Å². The number of methoxy groups -OCH3 is 1. The number of aryl methyl sites for hydroxylation is 1. The second kappa shape index (κ2) is 13.3. The van der Waals surface area contributed by atoms with Gasteiger partial charge in [-0.2, -0.15) is 0 Å². The highest BCUT2D eigenvalue weighted by Crippen LogP contribution is 2.51. The third kappa shape index (κ3) is 7.07. The summed E-state index contributed by atoms with van der Waals surface area (Å²) >= 11 is 0. The molecule has 43 heavy (non-hydrogen) atoms. The lowest BCUT2D eigenvalue weighted by Gasteiger charge is -2.36. The Morgan fingerprint density at radius 2 is 1.77 bits per heavy atom. The number of nitrogens with zero attached hydrogens (tertiary/aromatic N) is 2. The van der Waals surface area contributed by atoms with Gasteiger partial charge in [0, 0.05) is 23.6 Å². The Morgan fingerprint density at radius 1 is 1.05 bits per heavy atom. The van der Waals surface area contributed by atoms with Gasteiger partial charge in [0.1, 0.15) is 23.6 Å². The van der Waals surface area contributed by atoms with Crippen LogP contribution in [-0.4, -0.2) is 60.3 Å². The highest BCUT2D eigenvalue weighted by atomic mass is 16.5. The average molecular weight is 595 g/mol. The maximum Gasteiger partial charge on any atom is 0.329 e. The van der Waals surface area contributed by atoms with Crippen LogP contribution in [0.15, 0.2) is 36.4 Å². The second-order valence-corrected chi connectivity index (χ2v) is 13.9. The quantitative estimate of drug-likeness (QED) is 0.330. The lowest BCUT2D eigenvalue weighted by molar-refractivity contribution is -0.162.